The second-order valence-corrected chi connectivity index (χ2v) is 4.80. The third-order valence-corrected chi connectivity index (χ3v) is 3.42. The zero-order valence-electron chi connectivity index (χ0n) is 10.4. The average Bonchev–Trinajstić information content (AvgIpc) is 2.98. The molecule has 1 aromatic heterocycles. The topological polar surface area (TPSA) is 91.7 Å². The number of furan rings is 1. The summed E-state index contributed by atoms with van der Waals surface area (Å²) in [7, 11) is 0. The Morgan fingerprint density at radius 2 is 2.56 bits per heavy atom. The van der Waals surface area contributed by atoms with Crippen LogP contribution in [0.15, 0.2) is 16.7 Å². The van der Waals surface area contributed by atoms with Gasteiger partial charge in [0.05, 0.1) is 18.2 Å². The second kappa shape index (κ2) is 5.51. The lowest BCUT2D eigenvalue weighted by molar-refractivity contribution is 0.0953. The number of carbonyl (C=O) groups excluding carboxylic acids is 1. The molecule has 0 aromatic carbocycles. The van der Waals surface area contributed by atoms with Crippen LogP contribution in [0.3, 0.4) is 0 Å². The maximum absolute atomic E-state index is 11.3. The number of aliphatic hydroxyl groups excluding tert-OH is 1. The fourth-order valence-electron chi connectivity index (χ4n) is 2.29. The Balaban J connectivity index is 1.91. The number of hydrogen-bond donors (Lipinski definition) is 3. The molecule has 18 heavy (non-hydrogen) atoms. The molecule has 0 spiro atoms. The molecule has 2 atom stereocenters. The number of amides is 1. The van der Waals surface area contributed by atoms with E-state index in [2.05, 4.69) is 10.3 Å². The molecule has 2 heterocycles. The van der Waals surface area contributed by atoms with Gasteiger partial charge in [-0.2, -0.15) is 0 Å². The molecule has 6 nitrogen and oxygen atoms in total. The van der Waals surface area contributed by atoms with Crippen LogP contribution >= 0.6 is 0 Å². The summed E-state index contributed by atoms with van der Waals surface area (Å²) in [5.74, 6) is 5.76. The molecular weight excluding hydrogens is 234 g/mol. The molecule has 1 aliphatic heterocycles. The minimum absolute atomic E-state index is 0.273. The van der Waals surface area contributed by atoms with Gasteiger partial charge in [0.25, 0.3) is 5.91 Å². The highest BCUT2D eigenvalue weighted by Gasteiger charge is 2.26. The van der Waals surface area contributed by atoms with Crippen molar-refractivity contribution < 1.29 is 14.3 Å². The fraction of sp³-hybridized carbons (Fsp3) is 0.583. The average molecular weight is 253 g/mol. The zero-order valence-corrected chi connectivity index (χ0v) is 10.4. The van der Waals surface area contributed by atoms with Crippen LogP contribution in [0.25, 0.3) is 0 Å². The summed E-state index contributed by atoms with van der Waals surface area (Å²) >= 11 is 0. The number of hydrogen-bond acceptors (Lipinski definition) is 5. The Kier molecular flexibility index (Phi) is 4.00. The van der Waals surface area contributed by atoms with Crippen LogP contribution in [0, 0.1) is 5.92 Å². The van der Waals surface area contributed by atoms with Crippen molar-refractivity contribution in [2.24, 2.45) is 11.8 Å². The van der Waals surface area contributed by atoms with Gasteiger partial charge >= 0.3 is 0 Å². The number of nitrogens with two attached hydrogens (primary N) is 1. The number of hydrazine groups is 1. The maximum Gasteiger partial charge on any atom is 0.268 e. The van der Waals surface area contributed by atoms with Crippen molar-refractivity contribution in [1.29, 1.82) is 0 Å². The van der Waals surface area contributed by atoms with Gasteiger partial charge in [-0.15, -0.1) is 0 Å². The Hall–Kier alpha value is -1.37. The predicted molar refractivity (Wildman–Crippen MR) is 65.4 cm³/mol. The minimum Gasteiger partial charge on any atom is -0.467 e. The van der Waals surface area contributed by atoms with Gasteiger partial charge in [-0.05, 0) is 31.9 Å². The van der Waals surface area contributed by atoms with Crippen LogP contribution in [-0.4, -0.2) is 35.1 Å². The second-order valence-electron chi connectivity index (χ2n) is 4.80. The first kappa shape index (κ1) is 13.1. The third kappa shape index (κ3) is 2.90. The number of carbonyl (C=O) groups is 1. The SMILES string of the molecule is CC(O)C1CCN(Cc2cc(C(=O)NN)co2)C1. The Morgan fingerprint density at radius 1 is 1.78 bits per heavy atom. The van der Waals surface area contributed by atoms with Gasteiger partial charge in [0.15, 0.2) is 0 Å². The summed E-state index contributed by atoms with van der Waals surface area (Å²) in [6, 6.07) is 1.69. The molecule has 1 aliphatic rings. The number of aliphatic hydroxyl groups is 1. The van der Waals surface area contributed by atoms with Crippen molar-refractivity contribution in [3.05, 3.63) is 23.7 Å². The quantitative estimate of drug-likeness (QED) is 0.402. The van der Waals surface area contributed by atoms with Crippen molar-refractivity contribution in [1.82, 2.24) is 10.3 Å². The van der Waals surface area contributed by atoms with E-state index in [1.807, 2.05) is 6.92 Å². The molecule has 1 amide bonds. The molecule has 0 bridgehead atoms. The number of nitrogens with one attached hydrogen (secondary N) is 1. The van der Waals surface area contributed by atoms with Crippen molar-refractivity contribution in [3.63, 3.8) is 0 Å². The number of likely N-dealkylation sites (tertiary alicyclic amines) is 1. The molecule has 1 fully saturated rings. The highest BCUT2D eigenvalue weighted by Crippen LogP contribution is 2.22. The highest BCUT2D eigenvalue weighted by molar-refractivity contribution is 5.93. The maximum atomic E-state index is 11.3. The summed E-state index contributed by atoms with van der Waals surface area (Å²) in [5.41, 5.74) is 2.49. The van der Waals surface area contributed by atoms with Crippen molar-refractivity contribution in [3.8, 4) is 0 Å². The van der Waals surface area contributed by atoms with E-state index < -0.39 is 0 Å². The minimum atomic E-state index is -0.353. The van der Waals surface area contributed by atoms with Gasteiger partial charge in [0.2, 0.25) is 0 Å². The zero-order chi connectivity index (χ0) is 13.1. The largest absolute Gasteiger partial charge is 0.467 e. The Labute approximate surface area is 106 Å². The Morgan fingerprint density at radius 3 is 3.17 bits per heavy atom. The van der Waals surface area contributed by atoms with E-state index in [-0.39, 0.29) is 12.0 Å². The van der Waals surface area contributed by atoms with Crippen LogP contribution in [0.1, 0.15) is 29.5 Å². The summed E-state index contributed by atoms with van der Waals surface area (Å²) in [6.45, 7) is 4.28. The summed E-state index contributed by atoms with van der Waals surface area (Å²) in [6.07, 6.45) is 2.12. The molecule has 0 saturated carbocycles. The van der Waals surface area contributed by atoms with Crippen LogP contribution in [0.4, 0.5) is 0 Å². The van der Waals surface area contributed by atoms with Crippen LogP contribution in [0.2, 0.25) is 0 Å². The van der Waals surface area contributed by atoms with E-state index in [0.717, 1.165) is 25.3 Å². The highest BCUT2D eigenvalue weighted by atomic mass is 16.3. The number of nitrogen functional groups attached to an aromatic ring is 1. The first-order chi connectivity index (χ1) is 8.60. The predicted octanol–water partition coefficient (Wildman–Crippen LogP) is 0.0858. The number of nitrogens with zero attached hydrogens (tertiary/aromatic N) is 1. The molecule has 6 heteroatoms. The molecule has 2 rings (SSSR count). The molecule has 0 aliphatic carbocycles. The monoisotopic (exact) mass is 253 g/mol. The molecule has 2 unspecified atom stereocenters. The first-order valence-corrected chi connectivity index (χ1v) is 6.09. The molecule has 1 saturated heterocycles. The van der Waals surface area contributed by atoms with E-state index in [1.165, 1.54) is 6.26 Å². The van der Waals surface area contributed by atoms with Gasteiger partial charge in [-0.3, -0.25) is 15.1 Å². The fourth-order valence-corrected chi connectivity index (χ4v) is 2.29. The van der Waals surface area contributed by atoms with E-state index in [4.69, 9.17) is 10.3 Å². The van der Waals surface area contributed by atoms with E-state index >= 15 is 0 Å². The molecule has 0 radical (unpaired) electrons. The summed E-state index contributed by atoms with van der Waals surface area (Å²) < 4.78 is 5.32. The van der Waals surface area contributed by atoms with E-state index in [1.54, 1.807) is 6.07 Å². The lowest BCUT2D eigenvalue weighted by Gasteiger charge is -2.15. The molecular formula is C12H19N3O3. The van der Waals surface area contributed by atoms with Crippen LogP contribution in [0.5, 0.6) is 0 Å². The van der Waals surface area contributed by atoms with Crippen LogP contribution in [-0.2, 0) is 6.54 Å². The first-order valence-electron chi connectivity index (χ1n) is 6.09. The van der Waals surface area contributed by atoms with Gasteiger partial charge in [-0.25, -0.2) is 5.84 Å². The van der Waals surface area contributed by atoms with Crippen LogP contribution < -0.4 is 11.3 Å². The van der Waals surface area contributed by atoms with Crippen molar-refractivity contribution in [2.75, 3.05) is 13.1 Å². The van der Waals surface area contributed by atoms with E-state index in [9.17, 15) is 9.90 Å². The number of rotatable bonds is 4. The normalized spacial score (nSPS) is 22.1. The van der Waals surface area contributed by atoms with Gasteiger partial charge in [0.1, 0.15) is 12.0 Å². The van der Waals surface area contributed by atoms with Gasteiger partial charge < -0.3 is 9.52 Å². The molecule has 1 aromatic rings. The third-order valence-electron chi connectivity index (χ3n) is 3.42. The summed E-state index contributed by atoms with van der Waals surface area (Å²) in [5, 5.41) is 9.53. The standard InChI is InChI=1S/C12H19N3O3/c1-8(16)9-2-3-15(5-9)6-11-4-10(7-18-11)12(17)14-13/h4,7-9,16H,2-3,5-6,13H2,1H3,(H,14,17). The summed E-state index contributed by atoms with van der Waals surface area (Å²) in [4.78, 5) is 13.5. The Bertz CT molecular complexity index is 416. The smallest absolute Gasteiger partial charge is 0.268 e. The van der Waals surface area contributed by atoms with Gasteiger partial charge in [0, 0.05) is 6.54 Å². The lowest BCUT2D eigenvalue weighted by atomic mass is 10.0. The molecule has 4 N–H and O–H groups in total. The van der Waals surface area contributed by atoms with E-state index in [0.29, 0.717) is 18.0 Å². The van der Waals surface area contributed by atoms with Gasteiger partial charge in [-0.1, -0.05) is 0 Å². The molecule has 100 valence electrons. The van der Waals surface area contributed by atoms with Crippen molar-refractivity contribution in [2.45, 2.75) is 26.0 Å². The van der Waals surface area contributed by atoms with Crippen molar-refractivity contribution >= 4 is 5.91 Å². The lowest BCUT2D eigenvalue weighted by Crippen LogP contribution is -2.29.